The van der Waals surface area contributed by atoms with Gasteiger partial charge in [0.05, 0.1) is 30.1 Å². The maximum Gasteiger partial charge on any atom is 0.338 e. The highest BCUT2D eigenvalue weighted by Crippen LogP contribution is 2.27. The van der Waals surface area contributed by atoms with E-state index in [1.54, 1.807) is 6.92 Å². The van der Waals surface area contributed by atoms with Crippen molar-refractivity contribution >= 4 is 24.2 Å². The Kier molecular flexibility index (Phi) is 6.18. The second-order valence-corrected chi connectivity index (χ2v) is 6.33. The summed E-state index contributed by atoms with van der Waals surface area (Å²) in [5.41, 5.74) is 5.55. The Balaban J connectivity index is 1.95. The molecule has 9 heteroatoms. The van der Waals surface area contributed by atoms with E-state index in [1.807, 2.05) is 50.2 Å². The van der Waals surface area contributed by atoms with Gasteiger partial charge in [0.15, 0.2) is 0 Å². The van der Waals surface area contributed by atoms with Gasteiger partial charge in [0.1, 0.15) is 0 Å². The Bertz CT molecular complexity index is 951. The van der Waals surface area contributed by atoms with Gasteiger partial charge in [-0.3, -0.25) is 0 Å². The molecule has 2 aromatic rings. The molecule has 0 fully saturated rings. The van der Waals surface area contributed by atoms with Crippen LogP contribution in [-0.4, -0.2) is 34.8 Å². The third-order valence-corrected chi connectivity index (χ3v) is 4.07. The maximum absolute atomic E-state index is 12.6. The second-order valence-electron chi connectivity index (χ2n) is 6.33. The van der Waals surface area contributed by atoms with Gasteiger partial charge < -0.3 is 15.4 Å². The third kappa shape index (κ3) is 4.95. The number of amides is 2. The summed E-state index contributed by atoms with van der Waals surface area (Å²) in [5.74, 6) is -0.227. The van der Waals surface area contributed by atoms with Crippen LogP contribution >= 0.6 is 0 Å². The highest BCUT2D eigenvalue weighted by atomic mass is 16.5. The minimum atomic E-state index is -0.664. The first-order valence-corrected chi connectivity index (χ1v) is 9.13. The number of carbonyl (C=O) groups is 2. The number of nitrogens with zero attached hydrogens (tertiary/aromatic N) is 3. The molecule has 29 heavy (non-hydrogen) atoms. The fourth-order valence-corrected chi connectivity index (χ4v) is 2.95. The summed E-state index contributed by atoms with van der Waals surface area (Å²) in [5, 5.41) is 9.47. The highest BCUT2D eigenvalue weighted by Gasteiger charge is 2.33. The summed E-state index contributed by atoms with van der Waals surface area (Å²) in [7, 11) is 0. The molecular weight excluding hydrogens is 372 g/mol. The van der Waals surface area contributed by atoms with Crippen LogP contribution in [0.2, 0.25) is 0 Å². The summed E-state index contributed by atoms with van der Waals surface area (Å²) in [6.07, 6.45) is 1.35. The van der Waals surface area contributed by atoms with Gasteiger partial charge in [-0.15, -0.1) is 0 Å². The molecule has 0 saturated heterocycles. The topological polar surface area (TPSA) is 118 Å². The van der Waals surface area contributed by atoms with Gasteiger partial charge in [-0.05, 0) is 32.4 Å². The van der Waals surface area contributed by atoms with Crippen LogP contribution in [0.25, 0.3) is 0 Å². The fraction of sp³-hybridized carbons (Fsp3) is 0.250. The van der Waals surface area contributed by atoms with E-state index >= 15 is 0 Å². The number of esters is 1. The lowest BCUT2D eigenvalue weighted by Crippen LogP contribution is -2.46. The number of aryl methyl sites for hydroxylation is 2. The molecule has 1 unspecified atom stereocenters. The molecule has 2 heterocycles. The van der Waals surface area contributed by atoms with Crippen LogP contribution in [0.3, 0.4) is 0 Å². The van der Waals surface area contributed by atoms with E-state index in [2.05, 4.69) is 31.1 Å². The predicted molar refractivity (Wildman–Crippen MR) is 108 cm³/mol. The Hall–Kier alpha value is -3.75. The number of hydrogen-bond acceptors (Lipinski definition) is 7. The van der Waals surface area contributed by atoms with Crippen LogP contribution in [0, 0.1) is 13.8 Å². The van der Waals surface area contributed by atoms with E-state index in [0.717, 1.165) is 17.0 Å². The zero-order chi connectivity index (χ0) is 20.8. The highest BCUT2D eigenvalue weighted by molar-refractivity contribution is 6.02. The third-order valence-electron chi connectivity index (χ3n) is 4.07. The molecule has 0 spiro atoms. The molecule has 0 bridgehead atoms. The number of carbonyl (C=O) groups excluding carboxylic acids is 2. The van der Waals surface area contributed by atoms with Crippen LogP contribution in [0.4, 0.5) is 10.7 Å². The standard InChI is InChI=1S/C20H22N6O3/c1-4-29-18(27)16-15(11-21-26-19-22-12(2)10-13(3)23-19)24-20(28)25-17(16)14-8-6-5-7-9-14/h5-11,17H,4H2,1-3H3,(H,22,23,26)(H2,24,25,28). The van der Waals surface area contributed by atoms with Crippen LogP contribution in [0.15, 0.2) is 52.8 Å². The summed E-state index contributed by atoms with van der Waals surface area (Å²) in [6.45, 7) is 5.62. The van der Waals surface area contributed by atoms with Gasteiger partial charge in [0, 0.05) is 11.4 Å². The van der Waals surface area contributed by atoms with Gasteiger partial charge >= 0.3 is 12.0 Å². The second kappa shape index (κ2) is 8.96. The number of hydrazone groups is 1. The first-order valence-electron chi connectivity index (χ1n) is 9.13. The minimum absolute atomic E-state index is 0.205. The fourth-order valence-electron chi connectivity index (χ4n) is 2.95. The molecule has 3 rings (SSSR count). The first-order chi connectivity index (χ1) is 14.0. The summed E-state index contributed by atoms with van der Waals surface area (Å²) >= 11 is 0. The van der Waals surface area contributed by atoms with Crippen molar-refractivity contribution in [2.75, 3.05) is 12.0 Å². The Morgan fingerprint density at radius 3 is 2.59 bits per heavy atom. The molecule has 1 aliphatic heterocycles. The average Bonchev–Trinajstić information content (AvgIpc) is 2.67. The number of urea groups is 1. The summed E-state index contributed by atoms with van der Waals surface area (Å²) in [4.78, 5) is 33.3. The van der Waals surface area contributed by atoms with Gasteiger partial charge in [-0.2, -0.15) is 5.10 Å². The number of benzene rings is 1. The molecule has 2 amide bonds. The minimum Gasteiger partial charge on any atom is -0.463 e. The molecule has 150 valence electrons. The number of rotatable bonds is 6. The number of nitrogens with one attached hydrogen (secondary N) is 3. The van der Waals surface area contributed by atoms with E-state index in [-0.39, 0.29) is 17.9 Å². The molecule has 0 aliphatic carbocycles. The number of anilines is 1. The van der Waals surface area contributed by atoms with Crippen LogP contribution in [0.1, 0.15) is 29.9 Å². The Morgan fingerprint density at radius 2 is 1.93 bits per heavy atom. The quantitative estimate of drug-likeness (QED) is 0.393. The van der Waals surface area contributed by atoms with Crippen LogP contribution < -0.4 is 16.1 Å². The zero-order valence-corrected chi connectivity index (χ0v) is 16.4. The van der Waals surface area contributed by atoms with E-state index in [0.29, 0.717) is 5.95 Å². The number of allylic oxidation sites excluding steroid dienone is 1. The lowest BCUT2D eigenvalue weighted by molar-refractivity contribution is -0.139. The van der Waals surface area contributed by atoms with Crippen molar-refractivity contribution < 1.29 is 14.3 Å². The van der Waals surface area contributed by atoms with Crippen molar-refractivity contribution in [1.29, 1.82) is 0 Å². The van der Waals surface area contributed by atoms with Crippen molar-refractivity contribution in [3.05, 3.63) is 64.6 Å². The number of aromatic nitrogens is 2. The molecule has 1 aliphatic rings. The molecular formula is C20H22N6O3. The number of hydrogen-bond donors (Lipinski definition) is 3. The van der Waals surface area contributed by atoms with Crippen molar-refractivity contribution in [1.82, 2.24) is 20.6 Å². The largest absolute Gasteiger partial charge is 0.463 e. The molecule has 0 radical (unpaired) electrons. The first kappa shape index (κ1) is 20.0. The smallest absolute Gasteiger partial charge is 0.338 e. The summed E-state index contributed by atoms with van der Waals surface area (Å²) in [6, 6.07) is 9.90. The van der Waals surface area contributed by atoms with Crippen LogP contribution in [-0.2, 0) is 9.53 Å². The monoisotopic (exact) mass is 394 g/mol. The summed E-state index contributed by atoms with van der Waals surface area (Å²) < 4.78 is 5.20. The molecule has 0 saturated carbocycles. The number of ether oxygens (including phenoxy) is 1. The van der Waals surface area contributed by atoms with Crippen molar-refractivity contribution in [3.63, 3.8) is 0 Å². The molecule has 1 aromatic carbocycles. The molecule has 3 N–H and O–H groups in total. The molecule has 1 aromatic heterocycles. The van der Waals surface area contributed by atoms with E-state index in [1.165, 1.54) is 6.21 Å². The Morgan fingerprint density at radius 1 is 1.24 bits per heavy atom. The lowest BCUT2D eigenvalue weighted by Gasteiger charge is -2.27. The average molecular weight is 394 g/mol. The predicted octanol–water partition coefficient (Wildman–Crippen LogP) is 2.36. The van der Waals surface area contributed by atoms with Gasteiger partial charge in [0.2, 0.25) is 5.95 Å². The van der Waals surface area contributed by atoms with Gasteiger partial charge in [-0.25, -0.2) is 25.0 Å². The zero-order valence-electron chi connectivity index (χ0n) is 16.4. The lowest BCUT2D eigenvalue weighted by atomic mass is 9.95. The van der Waals surface area contributed by atoms with Crippen molar-refractivity contribution in [2.45, 2.75) is 26.8 Å². The normalized spacial score (nSPS) is 16.4. The van der Waals surface area contributed by atoms with Crippen LogP contribution in [0.5, 0.6) is 0 Å². The van der Waals surface area contributed by atoms with E-state index < -0.39 is 18.0 Å². The Labute approximate surface area is 168 Å². The molecule has 9 nitrogen and oxygen atoms in total. The van der Waals surface area contributed by atoms with E-state index in [9.17, 15) is 9.59 Å². The maximum atomic E-state index is 12.6. The molecule has 1 atom stereocenters. The van der Waals surface area contributed by atoms with Crippen molar-refractivity contribution in [3.8, 4) is 0 Å². The van der Waals surface area contributed by atoms with Gasteiger partial charge in [-0.1, -0.05) is 30.3 Å². The SMILES string of the molecule is CCOC(=O)C1=C(C=NNc2nc(C)cc(C)n2)NC(=O)NC1c1ccccc1. The van der Waals surface area contributed by atoms with Crippen molar-refractivity contribution in [2.24, 2.45) is 5.10 Å². The van der Waals surface area contributed by atoms with E-state index in [4.69, 9.17) is 4.74 Å². The van der Waals surface area contributed by atoms with Gasteiger partial charge in [0.25, 0.3) is 0 Å².